The number of carbonyl (C=O) groups is 2. The molecule has 5 aliphatic rings. The molecular formula is C34H51FN2O6. The molecule has 5 rings (SSSR count). The van der Waals surface area contributed by atoms with E-state index < -0.39 is 53.8 Å². The number of ether oxygens (including phenoxy) is 3. The Morgan fingerprint density at radius 1 is 1.23 bits per heavy atom. The summed E-state index contributed by atoms with van der Waals surface area (Å²) in [5.74, 6) is -0.847. The Hall–Kier alpha value is -2.07. The van der Waals surface area contributed by atoms with E-state index in [0.717, 1.165) is 12.0 Å². The molecule has 10 atom stereocenters. The molecule has 0 bridgehead atoms. The van der Waals surface area contributed by atoms with E-state index in [9.17, 15) is 14.7 Å². The Morgan fingerprint density at radius 3 is 2.63 bits per heavy atom. The summed E-state index contributed by atoms with van der Waals surface area (Å²) in [7, 11) is 3.65. The number of aliphatic hydroxyl groups excluding tert-OH is 1. The summed E-state index contributed by atoms with van der Waals surface area (Å²) in [6, 6.07) is 0.342. The summed E-state index contributed by atoms with van der Waals surface area (Å²) >= 11 is 0. The highest BCUT2D eigenvalue weighted by Crippen LogP contribution is 2.70. The van der Waals surface area contributed by atoms with Gasteiger partial charge >= 0.3 is 6.09 Å². The lowest BCUT2D eigenvalue weighted by molar-refractivity contribution is -0.202. The Morgan fingerprint density at radius 2 is 1.95 bits per heavy atom. The molecule has 8 nitrogen and oxygen atoms in total. The second-order valence-electron chi connectivity index (χ2n) is 14.4. The molecule has 240 valence electrons. The molecule has 1 heterocycles. The third-order valence-corrected chi connectivity index (χ3v) is 11.6. The first-order chi connectivity index (χ1) is 20.2. The number of likely N-dealkylation sites (N-methyl/N-ethyl adjacent to an activating group) is 2. The van der Waals surface area contributed by atoms with Crippen molar-refractivity contribution in [2.75, 3.05) is 33.8 Å². The molecule has 4 fully saturated rings. The third kappa shape index (κ3) is 5.12. The maximum atomic E-state index is 15.9. The monoisotopic (exact) mass is 602 g/mol. The minimum absolute atomic E-state index is 0.113. The fourth-order valence-corrected chi connectivity index (χ4v) is 9.09. The van der Waals surface area contributed by atoms with E-state index in [1.54, 1.807) is 7.05 Å². The lowest BCUT2D eigenvalue weighted by Gasteiger charge is -2.60. The summed E-state index contributed by atoms with van der Waals surface area (Å²) < 4.78 is 34.6. The van der Waals surface area contributed by atoms with E-state index in [4.69, 9.17) is 14.2 Å². The number of nitrogens with zero attached hydrogens (tertiary/aromatic N) is 2. The molecule has 1 N–H and O–H groups in total. The predicted octanol–water partition coefficient (Wildman–Crippen LogP) is 5.07. The van der Waals surface area contributed by atoms with Crippen LogP contribution < -0.4 is 0 Å². The smallest absolute Gasteiger partial charge is 0.409 e. The summed E-state index contributed by atoms with van der Waals surface area (Å²) in [5.41, 5.74) is -1.41. The molecular weight excluding hydrogens is 551 g/mol. The van der Waals surface area contributed by atoms with Crippen LogP contribution in [0.1, 0.15) is 66.7 Å². The average molecular weight is 603 g/mol. The minimum atomic E-state index is -1.39. The van der Waals surface area contributed by atoms with E-state index >= 15 is 4.39 Å². The molecule has 4 aliphatic carbocycles. The van der Waals surface area contributed by atoms with Gasteiger partial charge in [0.05, 0.1) is 12.2 Å². The quantitative estimate of drug-likeness (QED) is 0.394. The zero-order valence-electron chi connectivity index (χ0n) is 27.0. The van der Waals surface area contributed by atoms with Crippen LogP contribution in [0, 0.1) is 28.6 Å². The zero-order valence-corrected chi connectivity index (χ0v) is 27.0. The van der Waals surface area contributed by atoms with Gasteiger partial charge in [0.1, 0.15) is 6.17 Å². The molecule has 1 aliphatic heterocycles. The number of fused-ring (bicyclic) bond motifs is 7. The number of alkyl halides is 1. The van der Waals surface area contributed by atoms with E-state index in [2.05, 4.69) is 25.3 Å². The molecule has 0 radical (unpaired) electrons. The number of amides is 1. The van der Waals surface area contributed by atoms with Crippen molar-refractivity contribution in [3.63, 3.8) is 0 Å². The van der Waals surface area contributed by atoms with Gasteiger partial charge in [-0.3, -0.25) is 4.79 Å². The third-order valence-electron chi connectivity index (χ3n) is 11.6. The minimum Gasteiger partial charge on any atom is -0.441 e. The van der Waals surface area contributed by atoms with Crippen LogP contribution in [-0.2, 0) is 19.0 Å². The molecule has 43 heavy (non-hydrogen) atoms. The number of ketones is 1. The highest BCUT2D eigenvalue weighted by atomic mass is 19.1. The van der Waals surface area contributed by atoms with Crippen LogP contribution in [0.5, 0.6) is 0 Å². The highest BCUT2D eigenvalue weighted by Gasteiger charge is 2.76. The predicted molar refractivity (Wildman–Crippen MR) is 162 cm³/mol. The van der Waals surface area contributed by atoms with Crippen LogP contribution in [0.3, 0.4) is 0 Å². The summed E-state index contributed by atoms with van der Waals surface area (Å²) in [4.78, 5) is 30.8. The molecule has 0 spiro atoms. The van der Waals surface area contributed by atoms with Crippen molar-refractivity contribution in [3.8, 4) is 0 Å². The van der Waals surface area contributed by atoms with Gasteiger partial charge < -0.3 is 29.1 Å². The normalized spacial score (nSPS) is 41.4. The van der Waals surface area contributed by atoms with Crippen LogP contribution in [0.15, 0.2) is 36.0 Å². The lowest BCUT2D eigenvalue weighted by Crippen LogP contribution is -2.64. The van der Waals surface area contributed by atoms with Crippen molar-refractivity contribution in [2.45, 2.75) is 103 Å². The van der Waals surface area contributed by atoms with Crippen molar-refractivity contribution in [3.05, 3.63) is 36.0 Å². The number of allylic oxidation sites excluding steroid dienone is 5. The number of Topliss-reactive ketones (excluding diaryl/α,β-unsaturated/α-hetero) is 1. The standard InChI is InChI=1S/C34H51FN2O6/c1-9-10-29-42-28-17-23-22-16-25(35)24-15-21(4)11-12-32(24,5)30(22)26(38)18-33(23,6)34(28,43-29)27(39)19-41-31(40)37(8)14-13-36(7)20(2)3/h11-12,15,20,22-23,25-26,28-30,38H,4,9-10,13-14,16-19H2,1-3,5-8H3/t22-,23-,25-,26?,28+,29?,30?,32-,33-,34+/m0/s1. The first kappa shape index (κ1) is 32.3. The second kappa shape index (κ2) is 11.7. The van der Waals surface area contributed by atoms with Crippen molar-refractivity contribution in [1.29, 1.82) is 0 Å². The SMILES string of the molecule is C=C1C=C[C@@]2(C)C(=C1)[C@@H](F)C[C@@H]1C2C(O)C[C@@]2(C)[C@H]1C[C@H]1OC(CCC)O[C@]12C(=O)COC(=O)N(C)CCN(C)C(C)C. The largest absolute Gasteiger partial charge is 0.441 e. The van der Waals surface area contributed by atoms with Crippen molar-refractivity contribution in [1.82, 2.24) is 9.80 Å². The topological polar surface area (TPSA) is 88.5 Å². The first-order valence-corrected chi connectivity index (χ1v) is 16.1. The molecule has 1 saturated heterocycles. The fraction of sp³-hybridized carbons (Fsp3) is 0.765. The van der Waals surface area contributed by atoms with Crippen molar-refractivity contribution in [2.24, 2.45) is 28.6 Å². The van der Waals surface area contributed by atoms with E-state index in [1.165, 1.54) is 4.90 Å². The Balaban J connectivity index is 1.40. The average Bonchev–Trinajstić information content (AvgIpc) is 3.42. The van der Waals surface area contributed by atoms with E-state index in [-0.39, 0.29) is 30.0 Å². The number of carbonyl (C=O) groups excluding carboxylic acids is 2. The molecule has 0 aromatic carbocycles. The Kier molecular flexibility index (Phi) is 8.79. The summed E-state index contributed by atoms with van der Waals surface area (Å²) in [5, 5.41) is 11.9. The van der Waals surface area contributed by atoms with Crippen LogP contribution in [0.4, 0.5) is 9.18 Å². The van der Waals surface area contributed by atoms with Crippen molar-refractivity contribution < 1.29 is 33.3 Å². The summed E-state index contributed by atoms with van der Waals surface area (Å²) in [6.07, 6.45) is 4.67. The van der Waals surface area contributed by atoms with Gasteiger partial charge in [0, 0.05) is 42.9 Å². The molecule has 3 unspecified atom stereocenters. The van der Waals surface area contributed by atoms with Crippen molar-refractivity contribution >= 4 is 11.9 Å². The second-order valence-corrected chi connectivity index (χ2v) is 14.4. The molecule has 9 heteroatoms. The molecule has 3 saturated carbocycles. The zero-order chi connectivity index (χ0) is 31.5. The molecule has 0 aromatic heterocycles. The lowest BCUT2D eigenvalue weighted by atomic mass is 9.46. The number of halogens is 1. The van der Waals surface area contributed by atoms with Gasteiger partial charge in [0.25, 0.3) is 0 Å². The van der Waals surface area contributed by atoms with Gasteiger partial charge in [0.2, 0.25) is 5.78 Å². The van der Waals surface area contributed by atoms with E-state index in [0.29, 0.717) is 44.0 Å². The highest BCUT2D eigenvalue weighted by molar-refractivity contribution is 5.92. The van der Waals surface area contributed by atoms with Gasteiger partial charge in [-0.1, -0.05) is 52.0 Å². The van der Waals surface area contributed by atoms with Gasteiger partial charge in [-0.2, -0.15) is 0 Å². The Labute approximate surface area is 256 Å². The molecule has 0 aromatic rings. The van der Waals surface area contributed by atoms with Crippen LogP contribution in [0.2, 0.25) is 0 Å². The fourth-order valence-electron chi connectivity index (χ4n) is 9.09. The Bertz CT molecular complexity index is 1190. The number of aliphatic hydroxyl groups is 1. The number of rotatable bonds is 9. The van der Waals surface area contributed by atoms with Crippen LogP contribution >= 0.6 is 0 Å². The van der Waals surface area contributed by atoms with Gasteiger partial charge in [-0.05, 0) is 69.6 Å². The van der Waals surface area contributed by atoms with Crippen LogP contribution in [-0.4, -0.2) is 96.9 Å². The van der Waals surface area contributed by atoms with Gasteiger partial charge in [-0.25, -0.2) is 9.18 Å². The maximum absolute atomic E-state index is 15.9. The van der Waals surface area contributed by atoms with Crippen LogP contribution in [0.25, 0.3) is 0 Å². The molecule has 1 amide bonds. The van der Waals surface area contributed by atoms with Gasteiger partial charge in [-0.15, -0.1) is 0 Å². The summed E-state index contributed by atoms with van der Waals surface area (Å²) in [6.45, 7) is 14.9. The number of hydrogen-bond acceptors (Lipinski definition) is 7. The van der Waals surface area contributed by atoms with E-state index in [1.807, 2.05) is 46.0 Å². The van der Waals surface area contributed by atoms with Gasteiger partial charge in [0.15, 0.2) is 18.5 Å². The maximum Gasteiger partial charge on any atom is 0.409 e. The number of hydrogen-bond donors (Lipinski definition) is 1. The first-order valence-electron chi connectivity index (χ1n) is 16.1.